The number of para-hydroxylation sites is 2. The van der Waals surface area contributed by atoms with Crippen molar-refractivity contribution in [1.29, 1.82) is 0 Å². The Hall–Kier alpha value is -5.42. The lowest BCUT2D eigenvalue weighted by molar-refractivity contribution is -0.132. The van der Waals surface area contributed by atoms with Gasteiger partial charge in [-0.2, -0.15) is 0 Å². The molecule has 1 aliphatic rings. The highest BCUT2D eigenvalue weighted by molar-refractivity contribution is 5.93. The summed E-state index contributed by atoms with van der Waals surface area (Å²) < 4.78 is 0. The van der Waals surface area contributed by atoms with Crippen LogP contribution in [0.15, 0.2) is 91.3 Å². The Morgan fingerprint density at radius 1 is 0.706 bits per heavy atom. The Morgan fingerprint density at radius 3 is 1.94 bits per heavy atom. The first-order valence-electron chi connectivity index (χ1n) is 17.9. The van der Waals surface area contributed by atoms with Crippen LogP contribution in [0.5, 0.6) is 0 Å². The molecule has 1 fully saturated rings. The number of piperidine rings is 1. The van der Waals surface area contributed by atoms with Crippen LogP contribution >= 0.6 is 0 Å². The Morgan fingerprint density at radius 2 is 1.29 bits per heavy atom. The van der Waals surface area contributed by atoms with Crippen molar-refractivity contribution in [2.24, 2.45) is 17.6 Å². The standard InChI is InChI=1S/C40H47N7O4/c41-37(48)35(21-26-9-2-1-3-10-26)46-40(51)36(23-30-25-45-34-15-7-5-13-32(30)34)47-39(50)28(22-29-24-44-33-14-6-4-12-31(29)33)11-8-18-43-38(49)27-16-19-42-20-17-27/h1-7,9-10,12-15,24-25,27-28,35-36,42,44-45H,8,11,16-23H2,(H2,41,48)(H,43,49)(H,46,51)(H,47,50). The normalized spacial score (nSPS) is 15.2. The summed E-state index contributed by atoms with van der Waals surface area (Å²) in [5, 5.41) is 14.3. The maximum absolute atomic E-state index is 14.3. The minimum atomic E-state index is -0.987. The summed E-state index contributed by atoms with van der Waals surface area (Å²) in [4.78, 5) is 60.2. The maximum Gasteiger partial charge on any atom is 0.243 e. The molecule has 11 heteroatoms. The van der Waals surface area contributed by atoms with Crippen molar-refractivity contribution in [2.75, 3.05) is 19.6 Å². The number of nitrogens with two attached hydrogens (primary N) is 1. The largest absolute Gasteiger partial charge is 0.368 e. The quantitative estimate of drug-likeness (QED) is 0.0783. The zero-order chi connectivity index (χ0) is 35.6. The molecule has 0 spiro atoms. The molecule has 2 aromatic heterocycles. The van der Waals surface area contributed by atoms with Crippen LogP contribution in [0.25, 0.3) is 21.8 Å². The molecule has 0 aliphatic carbocycles. The first kappa shape index (κ1) is 35.4. The van der Waals surface area contributed by atoms with Crippen LogP contribution in [0.4, 0.5) is 0 Å². The van der Waals surface area contributed by atoms with Gasteiger partial charge in [-0.3, -0.25) is 19.2 Å². The zero-order valence-corrected chi connectivity index (χ0v) is 28.8. The van der Waals surface area contributed by atoms with Crippen LogP contribution in [0.2, 0.25) is 0 Å². The minimum absolute atomic E-state index is 0.00599. The van der Waals surface area contributed by atoms with Crippen molar-refractivity contribution < 1.29 is 19.2 Å². The van der Waals surface area contributed by atoms with Gasteiger partial charge in [-0.15, -0.1) is 0 Å². The van der Waals surface area contributed by atoms with Gasteiger partial charge in [0.1, 0.15) is 12.1 Å². The van der Waals surface area contributed by atoms with Crippen molar-refractivity contribution in [3.8, 4) is 0 Å². The predicted molar refractivity (Wildman–Crippen MR) is 199 cm³/mol. The number of hydrogen-bond donors (Lipinski definition) is 7. The van der Waals surface area contributed by atoms with Gasteiger partial charge in [0.15, 0.2) is 0 Å². The number of nitrogens with one attached hydrogen (secondary N) is 6. The molecule has 266 valence electrons. The van der Waals surface area contributed by atoms with Crippen molar-refractivity contribution in [1.82, 2.24) is 31.2 Å². The second-order valence-corrected chi connectivity index (χ2v) is 13.5. The van der Waals surface area contributed by atoms with Crippen LogP contribution in [-0.2, 0) is 38.4 Å². The molecule has 4 amide bonds. The van der Waals surface area contributed by atoms with Crippen LogP contribution in [-0.4, -0.2) is 65.3 Å². The summed E-state index contributed by atoms with van der Waals surface area (Å²) in [6, 6.07) is 23.1. The molecule has 3 aromatic carbocycles. The fraction of sp³-hybridized carbons (Fsp3) is 0.350. The number of primary amides is 1. The Bertz CT molecular complexity index is 1950. The average Bonchev–Trinajstić information content (AvgIpc) is 3.76. The molecule has 0 bridgehead atoms. The summed E-state index contributed by atoms with van der Waals surface area (Å²) >= 11 is 0. The van der Waals surface area contributed by atoms with Gasteiger partial charge >= 0.3 is 0 Å². The number of carbonyl (C=O) groups excluding carboxylic acids is 4. The van der Waals surface area contributed by atoms with Gasteiger partial charge < -0.3 is 37.0 Å². The van der Waals surface area contributed by atoms with E-state index in [9.17, 15) is 19.2 Å². The average molecular weight is 690 g/mol. The lowest BCUT2D eigenvalue weighted by Gasteiger charge is -2.25. The first-order chi connectivity index (χ1) is 24.9. The molecule has 3 atom stereocenters. The number of aromatic amines is 2. The molecular formula is C40H47N7O4. The van der Waals surface area contributed by atoms with Gasteiger partial charge in [-0.05, 0) is 74.0 Å². The highest BCUT2D eigenvalue weighted by Gasteiger charge is 2.30. The van der Waals surface area contributed by atoms with E-state index in [0.717, 1.165) is 64.4 Å². The highest BCUT2D eigenvalue weighted by Crippen LogP contribution is 2.24. The van der Waals surface area contributed by atoms with Crippen molar-refractivity contribution in [3.05, 3.63) is 108 Å². The SMILES string of the molecule is NC(=O)C(Cc1ccccc1)NC(=O)C(Cc1c[nH]c2ccccc12)NC(=O)C(CCCNC(=O)C1CCNCC1)Cc1c[nH]c2ccccc12. The van der Waals surface area contributed by atoms with Crippen LogP contribution in [0.3, 0.4) is 0 Å². The number of aromatic nitrogens is 2. The van der Waals surface area contributed by atoms with Gasteiger partial charge in [0.05, 0.1) is 0 Å². The third kappa shape index (κ3) is 9.23. The topological polar surface area (TPSA) is 174 Å². The maximum atomic E-state index is 14.3. The summed E-state index contributed by atoms with van der Waals surface area (Å²) in [6.07, 6.45) is 7.37. The molecule has 5 aromatic rings. The monoisotopic (exact) mass is 689 g/mol. The highest BCUT2D eigenvalue weighted by atomic mass is 16.2. The van der Waals surface area contributed by atoms with E-state index in [4.69, 9.17) is 5.73 Å². The number of hydrogen-bond acceptors (Lipinski definition) is 5. The van der Waals surface area contributed by atoms with Crippen molar-refractivity contribution >= 4 is 45.4 Å². The van der Waals surface area contributed by atoms with E-state index in [1.54, 1.807) is 0 Å². The molecule has 3 heterocycles. The number of H-pyrrole nitrogens is 2. The van der Waals surface area contributed by atoms with Crippen LogP contribution in [0, 0.1) is 11.8 Å². The van der Waals surface area contributed by atoms with Gasteiger partial charge in [0, 0.05) is 65.4 Å². The van der Waals surface area contributed by atoms with E-state index in [-0.39, 0.29) is 30.6 Å². The molecule has 6 rings (SSSR count). The molecule has 51 heavy (non-hydrogen) atoms. The zero-order valence-electron chi connectivity index (χ0n) is 28.8. The number of amides is 4. The predicted octanol–water partition coefficient (Wildman–Crippen LogP) is 3.64. The number of carbonyl (C=O) groups is 4. The summed E-state index contributed by atoms with van der Waals surface area (Å²) in [6.45, 7) is 2.13. The molecule has 3 unspecified atom stereocenters. The van der Waals surface area contributed by atoms with Crippen molar-refractivity contribution in [3.63, 3.8) is 0 Å². The van der Waals surface area contributed by atoms with E-state index in [1.165, 1.54) is 0 Å². The molecular weight excluding hydrogens is 642 g/mol. The molecule has 8 N–H and O–H groups in total. The van der Waals surface area contributed by atoms with E-state index >= 15 is 0 Å². The minimum Gasteiger partial charge on any atom is -0.368 e. The van der Waals surface area contributed by atoms with E-state index in [0.29, 0.717) is 25.8 Å². The Labute approximate surface area is 297 Å². The van der Waals surface area contributed by atoms with Gasteiger partial charge in [-0.25, -0.2) is 0 Å². The van der Waals surface area contributed by atoms with Gasteiger partial charge in [0.2, 0.25) is 23.6 Å². The lowest BCUT2D eigenvalue weighted by atomic mass is 9.92. The number of benzene rings is 3. The summed E-state index contributed by atoms with van der Waals surface area (Å²) in [7, 11) is 0. The summed E-state index contributed by atoms with van der Waals surface area (Å²) in [5.41, 5.74) is 10.4. The second-order valence-electron chi connectivity index (χ2n) is 13.5. The molecule has 0 saturated carbocycles. The van der Waals surface area contributed by atoms with Crippen LogP contribution < -0.4 is 27.0 Å². The van der Waals surface area contributed by atoms with E-state index in [2.05, 4.69) is 31.2 Å². The van der Waals surface area contributed by atoms with E-state index in [1.807, 2.05) is 91.3 Å². The molecule has 1 aliphatic heterocycles. The molecule has 0 radical (unpaired) electrons. The first-order valence-corrected chi connectivity index (χ1v) is 17.9. The Kier molecular flexibility index (Phi) is 11.8. The number of rotatable bonds is 16. The second kappa shape index (κ2) is 17.0. The van der Waals surface area contributed by atoms with Crippen molar-refractivity contribution in [2.45, 2.75) is 57.0 Å². The van der Waals surface area contributed by atoms with Crippen LogP contribution in [0.1, 0.15) is 42.4 Å². The third-order valence-corrected chi connectivity index (χ3v) is 9.93. The third-order valence-electron chi connectivity index (χ3n) is 9.93. The van der Waals surface area contributed by atoms with Gasteiger partial charge in [-0.1, -0.05) is 66.7 Å². The van der Waals surface area contributed by atoms with Gasteiger partial charge in [0.25, 0.3) is 0 Å². The Balaban J connectivity index is 1.21. The molecule has 1 saturated heterocycles. The van der Waals surface area contributed by atoms with E-state index < -0.39 is 29.8 Å². The summed E-state index contributed by atoms with van der Waals surface area (Å²) in [5.74, 6) is -1.85. The lowest BCUT2D eigenvalue weighted by Crippen LogP contribution is -2.55. The molecule has 11 nitrogen and oxygen atoms in total. The fourth-order valence-electron chi connectivity index (χ4n) is 7.04. The smallest absolute Gasteiger partial charge is 0.243 e. The number of fused-ring (bicyclic) bond motifs is 2. The fourth-order valence-corrected chi connectivity index (χ4v) is 7.04.